The molecule has 1 atom stereocenters. The minimum absolute atomic E-state index is 0.0519. The van der Waals surface area contributed by atoms with Crippen LogP contribution in [0.15, 0.2) is 48.5 Å². The number of carbonyl (C=O) groups excluding carboxylic acids is 2. The van der Waals surface area contributed by atoms with Gasteiger partial charge in [-0.15, -0.1) is 0 Å². The second-order valence-electron chi connectivity index (χ2n) is 5.17. The molecule has 0 unspecified atom stereocenters. The number of para-hydroxylation sites is 1. The molecule has 2 rings (SSSR count). The number of methoxy groups -OCH3 is 1. The SMILES string of the molecule is COC(=O)C[C@@H](NC(=O)COc1ccccc1F)c1ccc(F)cc1. The zero-order valence-corrected chi connectivity index (χ0v) is 13.5. The number of halogens is 2. The standard InChI is InChI=1S/C18H17F2NO4/c1-24-18(23)10-15(12-6-8-13(19)9-7-12)21-17(22)11-25-16-5-3-2-4-14(16)20/h2-9,15H,10-11H2,1H3,(H,21,22)/t15-/m1/s1. The van der Waals surface area contributed by atoms with E-state index in [1.165, 1.54) is 49.6 Å². The Morgan fingerprint density at radius 1 is 1.08 bits per heavy atom. The van der Waals surface area contributed by atoms with Gasteiger partial charge in [0.2, 0.25) is 0 Å². The molecule has 2 aromatic carbocycles. The molecule has 0 spiro atoms. The first-order valence-corrected chi connectivity index (χ1v) is 7.48. The Balaban J connectivity index is 2.02. The highest BCUT2D eigenvalue weighted by Gasteiger charge is 2.19. The van der Waals surface area contributed by atoms with Crippen LogP contribution in [-0.2, 0) is 14.3 Å². The molecule has 1 N–H and O–H groups in total. The van der Waals surface area contributed by atoms with E-state index in [1.807, 2.05) is 0 Å². The van der Waals surface area contributed by atoms with Gasteiger partial charge in [0, 0.05) is 0 Å². The zero-order chi connectivity index (χ0) is 18.2. The van der Waals surface area contributed by atoms with Crippen molar-refractivity contribution >= 4 is 11.9 Å². The summed E-state index contributed by atoms with van der Waals surface area (Å²) in [6, 6.07) is 10.3. The van der Waals surface area contributed by atoms with E-state index in [1.54, 1.807) is 6.07 Å². The van der Waals surface area contributed by atoms with Crippen LogP contribution < -0.4 is 10.1 Å². The summed E-state index contributed by atoms with van der Waals surface area (Å²) in [7, 11) is 1.23. The van der Waals surface area contributed by atoms with Gasteiger partial charge in [-0.25, -0.2) is 8.78 Å². The van der Waals surface area contributed by atoms with Crippen molar-refractivity contribution in [2.75, 3.05) is 13.7 Å². The lowest BCUT2D eigenvalue weighted by Gasteiger charge is -2.18. The topological polar surface area (TPSA) is 64.6 Å². The van der Waals surface area contributed by atoms with Crippen LogP contribution >= 0.6 is 0 Å². The second kappa shape index (κ2) is 8.77. The molecule has 0 bridgehead atoms. The maximum Gasteiger partial charge on any atom is 0.307 e. The van der Waals surface area contributed by atoms with Crippen LogP contribution in [0.25, 0.3) is 0 Å². The normalized spacial score (nSPS) is 11.5. The van der Waals surface area contributed by atoms with Crippen molar-refractivity contribution in [1.29, 1.82) is 0 Å². The van der Waals surface area contributed by atoms with Gasteiger partial charge in [0.25, 0.3) is 5.91 Å². The first-order valence-electron chi connectivity index (χ1n) is 7.48. The summed E-state index contributed by atoms with van der Waals surface area (Å²) in [6.45, 7) is -0.431. The smallest absolute Gasteiger partial charge is 0.307 e. The Bertz CT molecular complexity index is 734. The van der Waals surface area contributed by atoms with Crippen LogP contribution in [-0.4, -0.2) is 25.6 Å². The molecule has 0 aliphatic carbocycles. The number of ether oxygens (including phenoxy) is 2. The third-order valence-corrected chi connectivity index (χ3v) is 3.40. The molecule has 5 nitrogen and oxygen atoms in total. The maximum atomic E-state index is 13.5. The summed E-state index contributed by atoms with van der Waals surface area (Å²) >= 11 is 0. The summed E-state index contributed by atoms with van der Waals surface area (Å²) in [5.41, 5.74) is 0.533. The Morgan fingerprint density at radius 3 is 2.40 bits per heavy atom. The quantitative estimate of drug-likeness (QED) is 0.781. The van der Waals surface area contributed by atoms with Gasteiger partial charge in [-0.1, -0.05) is 24.3 Å². The molecule has 0 heterocycles. The highest BCUT2D eigenvalue weighted by molar-refractivity contribution is 5.79. The minimum Gasteiger partial charge on any atom is -0.481 e. The van der Waals surface area contributed by atoms with Crippen LogP contribution in [0.1, 0.15) is 18.0 Å². The van der Waals surface area contributed by atoms with Gasteiger partial charge < -0.3 is 14.8 Å². The van der Waals surface area contributed by atoms with E-state index >= 15 is 0 Å². The molecule has 0 aromatic heterocycles. The summed E-state index contributed by atoms with van der Waals surface area (Å²) < 4.78 is 36.3. The molecule has 0 saturated carbocycles. The van der Waals surface area contributed by atoms with E-state index in [9.17, 15) is 18.4 Å². The number of esters is 1. The van der Waals surface area contributed by atoms with Crippen molar-refractivity contribution in [1.82, 2.24) is 5.32 Å². The number of carbonyl (C=O) groups is 2. The first-order chi connectivity index (χ1) is 12.0. The van der Waals surface area contributed by atoms with E-state index < -0.39 is 36.2 Å². The van der Waals surface area contributed by atoms with Crippen LogP contribution in [0.3, 0.4) is 0 Å². The average Bonchev–Trinajstić information content (AvgIpc) is 2.61. The second-order valence-corrected chi connectivity index (χ2v) is 5.17. The minimum atomic E-state index is -0.718. The molecule has 7 heteroatoms. The molecule has 2 aromatic rings. The van der Waals surface area contributed by atoms with Gasteiger partial charge in [-0.05, 0) is 29.8 Å². The van der Waals surface area contributed by atoms with Crippen molar-refractivity contribution in [3.63, 3.8) is 0 Å². The maximum absolute atomic E-state index is 13.5. The molecule has 0 radical (unpaired) electrons. The zero-order valence-electron chi connectivity index (χ0n) is 13.5. The Kier molecular flexibility index (Phi) is 6.45. The van der Waals surface area contributed by atoms with Crippen LogP contribution in [0.4, 0.5) is 8.78 Å². The summed E-state index contributed by atoms with van der Waals surface area (Å²) in [6.07, 6.45) is -0.131. The van der Waals surface area contributed by atoms with E-state index in [0.717, 1.165) is 0 Å². The van der Waals surface area contributed by atoms with Gasteiger partial charge in [0.15, 0.2) is 18.2 Å². The predicted molar refractivity (Wildman–Crippen MR) is 85.8 cm³/mol. The van der Waals surface area contributed by atoms with Gasteiger partial charge in [0.05, 0.1) is 19.6 Å². The number of benzene rings is 2. The highest BCUT2D eigenvalue weighted by atomic mass is 19.1. The highest BCUT2D eigenvalue weighted by Crippen LogP contribution is 2.19. The largest absolute Gasteiger partial charge is 0.481 e. The lowest BCUT2D eigenvalue weighted by molar-refractivity contribution is -0.141. The van der Waals surface area contributed by atoms with E-state index in [2.05, 4.69) is 10.1 Å². The van der Waals surface area contributed by atoms with Gasteiger partial charge in [0.1, 0.15) is 5.82 Å². The van der Waals surface area contributed by atoms with Crippen LogP contribution in [0.2, 0.25) is 0 Å². The molecular weight excluding hydrogens is 332 g/mol. The molecule has 0 saturated heterocycles. The number of hydrogen-bond acceptors (Lipinski definition) is 4. The Hall–Kier alpha value is -2.96. The molecule has 0 fully saturated rings. The van der Waals surface area contributed by atoms with Crippen LogP contribution in [0, 0.1) is 11.6 Å². The van der Waals surface area contributed by atoms with Crippen molar-refractivity contribution in [3.8, 4) is 5.75 Å². The Labute approximate surface area is 143 Å². The summed E-state index contributed by atoms with van der Waals surface area (Å²) in [5, 5.41) is 2.60. The van der Waals surface area contributed by atoms with Crippen molar-refractivity contribution in [2.24, 2.45) is 0 Å². The van der Waals surface area contributed by atoms with Gasteiger partial charge >= 0.3 is 5.97 Å². The van der Waals surface area contributed by atoms with E-state index in [4.69, 9.17) is 4.74 Å². The number of hydrogen-bond donors (Lipinski definition) is 1. The average molecular weight is 349 g/mol. The monoisotopic (exact) mass is 349 g/mol. The third-order valence-electron chi connectivity index (χ3n) is 3.40. The fourth-order valence-corrected chi connectivity index (χ4v) is 2.14. The molecule has 1 amide bonds. The summed E-state index contributed by atoms with van der Waals surface area (Å²) in [4.78, 5) is 23.6. The fourth-order valence-electron chi connectivity index (χ4n) is 2.14. The molecule has 0 aliphatic rings. The van der Waals surface area contributed by atoms with E-state index in [0.29, 0.717) is 5.56 Å². The molecule has 25 heavy (non-hydrogen) atoms. The van der Waals surface area contributed by atoms with Gasteiger partial charge in [-0.2, -0.15) is 0 Å². The Morgan fingerprint density at radius 2 is 1.76 bits per heavy atom. The molecule has 0 aliphatic heterocycles. The van der Waals surface area contributed by atoms with Crippen LogP contribution in [0.5, 0.6) is 5.75 Å². The number of rotatable bonds is 7. The third kappa shape index (κ3) is 5.56. The van der Waals surface area contributed by atoms with E-state index in [-0.39, 0.29) is 12.2 Å². The lowest BCUT2D eigenvalue weighted by atomic mass is 10.0. The fraction of sp³-hybridized carbons (Fsp3) is 0.222. The number of amides is 1. The lowest BCUT2D eigenvalue weighted by Crippen LogP contribution is -2.34. The first kappa shape index (κ1) is 18.4. The summed E-state index contributed by atoms with van der Waals surface area (Å²) in [5.74, 6) is -2.16. The van der Waals surface area contributed by atoms with Crippen molar-refractivity contribution < 1.29 is 27.8 Å². The van der Waals surface area contributed by atoms with Crippen molar-refractivity contribution in [3.05, 3.63) is 65.7 Å². The molecule has 132 valence electrons. The predicted octanol–water partition coefficient (Wildman–Crippen LogP) is 2.76. The van der Waals surface area contributed by atoms with Gasteiger partial charge in [-0.3, -0.25) is 9.59 Å². The molecular formula is C18H17F2NO4. The number of nitrogens with one attached hydrogen (secondary N) is 1. The van der Waals surface area contributed by atoms with Crippen molar-refractivity contribution in [2.45, 2.75) is 12.5 Å².